The SMILES string of the molecule is O=C(CSc1ccccc1F)NCc1ccc(CN2CCOCC2)cc1. The fraction of sp³-hybridized carbons (Fsp3) is 0.350. The van der Waals surface area contributed by atoms with E-state index in [9.17, 15) is 9.18 Å². The van der Waals surface area contributed by atoms with Crippen LogP contribution in [0.5, 0.6) is 0 Å². The average Bonchev–Trinajstić information content (AvgIpc) is 2.68. The molecule has 138 valence electrons. The molecule has 0 spiro atoms. The van der Waals surface area contributed by atoms with Crippen molar-refractivity contribution < 1.29 is 13.9 Å². The molecule has 6 heteroatoms. The topological polar surface area (TPSA) is 41.6 Å². The van der Waals surface area contributed by atoms with Crippen molar-refractivity contribution in [3.05, 3.63) is 65.5 Å². The van der Waals surface area contributed by atoms with Crippen molar-refractivity contribution in [2.45, 2.75) is 18.0 Å². The lowest BCUT2D eigenvalue weighted by molar-refractivity contribution is -0.118. The summed E-state index contributed by atoms with van der Waals surface area (Å²) in [5.41, 5.74) is 2.32. The Labute approximate surface area is 157 Å². The van der Waals surface area contributed by atoms with E-state index in [1.807, 2.05) is 12.1 Å². The fourth-order valence-electron chi connectivity index (χ4n) is 2.74. The Morgan fingerprint density at radius 1 is 1.08 bits per heavy atom. The normalized spacial score (nSPS) is 15.0. The van der Waals surface area contributed by atoms with Crippen molar-refractivity contribution in [2.24, 2.45) is 0 Å². The van der Waals surface area contributed by atoms with E-state index in [-0.39, 0.29) is 17.5 Å². The highest BCUT2D eigenvalue weighted by molar-refractivity contribution is 8.00. The molecule has 1 saturated heterocycles. The highest BCUT2D eigenvalue weighted by atomic mass is 32.2. The second-order valence-electron chi connectivity index (χ2n) is 6.20. The second-order valence-corrected chi connectivity index (χ2v) is 7.22. The Morgan fingerprint density at radius 3 is 2.50 bits per heavy atom. The number of carbonyl (C=O) groups excluding carboxylic acids is 1. The third-order valence-electron chi connectivity index (χ3n) is 4.22. The van der Waals surface area contributed by atoms with Crippen LogP contribution in [-0.4, -0.2) is 42.9 Å². The maximum atomic E-state index is 13.5. The quantitative estimate of drug-likeness (QED) is 0.757. The Kier molecular flexibility index (Phi) is 7.05. The molecule has 0 aliphatic carbocycles. The summed E-state index contributed by atoms with van der Waals surface area (Å²) < 4.78 is 18.9. The summed E-state index contributed by atoms with van der Waals surface area (Å²) in [6, 6.07) is 14.8. The lowest BCUT2D eigenvalue weighted by Gasteiger charge is -2.26. The zero-order chi connectivity index (χ0) is 18.2. The second kappa shape index (κ2) is 9.71. The van der Waals surface area contributed by atoms with Crippen molar-refractivity contribution in [1.29, 1.82) is 0 Å². The first-order chi connectivity index (χ1) is 12.7. The summed E-state index contributed by atoms with van der Waals surface area (Å²) in [5.74, 6) is -0.187. The smallest absolute Gasteiger partial charge is 0.230 e. The van der Waals surface area contributed by atoms with Gasteiger partial charge in [-0.25, -0.2) is 4.39 Å². The number of ether oxygens (including phenoxy) is 1. The van der Waals surface area contributed by atoms with E-state index in [0.717, 1.165) is 38.4 Å². The van der Waals surface area contributed by atoms with Crippen LogP contribution in [0.2, 0.25) is 0 Å². The van der Waals surface area contributed by atoms with Crippen molar-refractivity contribution >= 4 is 17.7 Å². The largest absolute Gasteiger partial charge is 0.379 e. The van der Waals surface area contributed by atoms with E-state index in [0.29, 0.717) is 11.4 Å². The summed E-state index contributed by atoms with van der Waals surface area (Å²) in [6.45, 7) is 4.95. The summed E-state index contributed by atoms with van der Waals surface area (Å²) in [5, 5.41) is 2.88. The number of hydrogen-bond donors (Lipinski definition) is 1. The number of thioether (sulfide) groups is 1. The van der Waals surface area contributed by atoms with Gasteiger partial charge in [0.05, 0.1) is 19.0 Å². The van der Waals surface area contributed by atoms with Crippen LogP contribution in [0.15, 0.2) is 53.4 Å². The molecule has 0 bridgehead atoms. The molecule has 0 unspecified atom stereocenters. The Balaban J connectivity index is 1.41. The highest BCUT2D eigenvalue weighted by Gasteiger charge is 2.10. The highest BCUT2D eigenvalue weighted by Crippen LogP contribution is 2.20. The van der Waals surface area contributed by atoms with Crippen LogP contribution in [-0.2, 0) is 22.6 Å². The van der Waals surface area contributed by atoms with Crippen LogP contribution in [0, 0.1) is 5.82 Å². The molecule has 1 heterocycles. The van der Waals surface area contributed by atoms with E-state index in [2.05, 4.69) is 22.3 Å². The predicted octanol–water partition coefficient (Wildman–Crippen LogP) is 3.07. The number of nitrogens with one attached hydrogen (secondary N) is 1. The van der Waals surface area contributed by atoms with Crippen LogP contribution in [0.25, 0.3) is 0 Å². The Hall–Kier alpha value is -1.89. The first-order valence-electron chi connectivity index (χ1n) is 8.72. The van der Waals surface area contributed by atoms with Crippen LogP contribution < -0.4 is 5.32 Å². The minimum Gasteiger partial charge on any atom is -0.379 e. The molecule has 0 saturated carbocycles. The molecular formula is C20H23FN2O2S. The van der Waals surface area contributed by atoms with Crippen molar-refractivity contribution in [3.63, 3.8) is 0 Å². The van der Waals surface area contributed by atoms with Gasteiger partial charge in [0.15, 0.2) is 0 Å². The van der Waals surface area contributed by atoms with E-state index in [4.69, 9.17) is 4.74 Å². The van der Waals surface area contributed by atoms with Crippen molar-refractivity contribution in [2.75, 3.05) is 32.1 Å². The van der Waals surface area contributed by atoms with Gasteiger partial charge in [0.25, 0.3) is 0 Å². The van der Waals surface area contributed by atoms with Gasteiger partial charge in [-0.15, -0.1) is 11.8 Å². The van der Waals surface area contributed by atoms with Crippen LogP contribution in [0.1, 0.15) is 11.1 Å². The van der Waals surface area contributed by atoms with E-state index < -0.39 is 0 Å². The molecule has 0 radical (unpaired) electrons. The number of benzene rings is 2. The average molecular weight is 374 g/mol. The monoisotopic (exact) mass is 374 g/mol. The first-order valence-corrected chi connectivity index (χ1v) is 9.71. The van der Waals surface area contributed by atoms with E-state index >= 15 is 0 Å². The molecule has 2 aromatic carbocycles. The lowest BCUT2D eigenvalue weighted by Crippen LogP contribution is -2.35. The number of carbonyl (C=O) groups is 1. The number of rotatable bonds is 7. The standard InChI is InChI=1S/C20H23FN2O2S/c21-18-3-1-2-4-19(18)26-15-20(24)22-13-16-5-7-17(8-6-16)14-23-9-11-25-12-10-23/h1-8H,9-15H2,(H,22,24). The molecule has 3 rings (SSSR count). The van der Waals surface area contributed by atoms with Crippen LogP contribution >= 0.6 is 11.8 Å². The molecule has 1 amide bonds. The van der Waals surface area contributed by atoms with Gasteiger partial charge in [0, 0.05) is 31.1 Å². The number of amides is 1. The van der Waals surface area contributed by atoms with Gasteiger partial charge in [0.1, 0.15) is 5.82 Å². The molecule has 0 atom stereocenters. The van der Waals surface area contributed by atoms with Gasteiger partial charge in [-0.1, -0.05) is 36.4 Å². The molecule has 1 fully saturated rings. The maximum Gasteiger partial charge on any atom is 0.230 e. The number of morpholine rings is 1. The zero-order valence-electron chi connectivity index (χ0n) is 14.6. The number of nitrogens with zero attached hydrogens (tertiary/aromatic N) is 1. The molecular weight excluding hydrogens is 351 g/mol. The van der Waals surface area contributed by atoms with Gasteiger partial charge in [-0.3, -0.25) is 9.69 Å². The molecule has 1 aliphatic heterocycles. The summed E-state index contributed by atoms with van der Waals surface area (Å²) in [6.07, 6.45) is 0. The van der Waals surface area contributed by atoms with Crippen LogP contribution in [0.4, 0.5) is 4.39 Å². The minimum absolute atomic E-state index is 0.101. The molecule has 2 aromatic rings. The zero-order valence-corrected chi connectivity index (χ0v) is 15.4. The fourth-order valence-corrected chi connectivity index (χ4v) is 3.51. The predicted molar refractivity (Wildman–Crippen MR) is 102 cm³/mol. The van der Waals surface area contributed by atoms with Gasteiger partial charge < -0.3 is 10.1 Å². The van der Waals surface area contributed by atoms with Gasteiger partial charge in [-0.2, -0.15) is 0 Å². The molecule has 26 heavy (non-hydrogen) atoms. The molecule has 0 aromatic heterocycles. The Bertz CT molecular complexity index is 718. The van der Waals surface area contributed by atoms with Gasteiger partial charge in [0.2, 0.25) is 5.91 Å². The van der Waals surface area contributed by atoms with E-state index in [1.54, 1.807) is 18.2 Å². The maximum absolute atomic E-state index is 13.5. The Morgan fingerprint density at radius 2 is 1.77 bits per heavy atom. The third kappa shape index (κ3) is 5.83. The molecule has 4 nitrogen and oxygen atoms in total. The van der Waals surface area contributed by atoms with Gasteiger partial charge in [-0.05, 0) is 23.3 Å². The van der Waals surface area contributed by atoms with Crippen molar-refractivity contribution in [1.82, 2.24) is 10.2 Å². The first kappa shape index (κ1) is 18.9. The van der Waals surface area contributed by atoms with E-state index in [1.165, 1.54) is 23.4 Å². The third-order valence-corrected chi connectivity index (χ3v) is 5.27. The summed E-state index contributed by atoms with van der Waals surface area (Å²) in [7, 11) is 0. The molecule has 1 aliphatic rings. The lowest BCUT2D eigenvalue weighted by atomic mass is 10.1. The van der Waals surface area contributed by atoms with Crippen molar-refractivity contribution in [3.8, 4) is 0 Å². The minimum atomic E-state index is -0.291. The van der Waals surface area contributed by atoms with Gasteiger partial charge >= 0.3 is 0 Å². The summed E-state index contributed by atoms with van der Waals surface area (Å²) in [4.78, 5) is 14.8. The van der Waals surface area contributed by atoms with Crippen LogP contribution in [0.3, 0.4) is 0 Å². The number of halogens is 1. The number of hydrogen-bond acceptors (Lipinski definition) is 4. The molecule has 1 N–H and O–H groups in total. The summed E-state index contributed by atoms with van der Waals surface area (Å²) >= 11 is 1.21.